The fourth-order valence-corrected chi connectivity index (χ4v) is 2.46. The molecule has 0 amide bonds. The van der Waals surface area contributed by atoms with Gasteiger partial charge in [-0.25, -0.2) is 4.79 Å². The highest BCUT2D eigenvalue weighted by Crippen LogP contribution is 2.48. The second kappa shape index (κ2) is 5.75. The number of aliphatic hydroxyl groups is 1. The normalized spacial score (nSPS) is 19.1. The van der Waals surface area contributed by atoms with E-state index >= 15 is 0 Å². The molecule has 128 valence electrons. The van der Waals surface area contributed by atoms with Crippen molar-refractivity contribution >= 4 is 5.97 Å². The van der Waals surface area contributed by atoms with E-state index in [0.29, 0.717) is 25.7 Å². The third kappa shape index (κ3) is 3.09. The maximum Gasteiger partial charge on any atom is 0.430 e. The Kier molecular flexibility index (Phi) is 4.91. The highest BCUT2D eigenvalue weighted by atomic mass is 19.4. The van der Waals surface area contributed by atoms with Gasteiger partial charge in [-0.05, 0) is 32.1 Å². The first-order chi connectivity index (χ1) is 9.81. The van der Waals surface area contributed by atoms with Gasteiger partial charge in [-0.2, -0.15) is 26.3 Å². The molecule has 9 heteroatoms. The van der Waals surface area contributed by atoms with E-state index in [-0.39, 0.29) is 6.42 Å². The van der Waals surface area contributed by atoms with Crippen LogP contribution in [0.3, 0.4) is 0 Å². The molecule has 1 rings (SSSR count). The zero-order valence-corrected chi connectivity index (χ0v) is 11.8. The first-order valence-corrected chi connectivity index (χ1v) is 6.59. The van der Waals surface area contributed by atoms with Crippen molar-refractivity contribution in [3.8, 4) is 0 Å². The van der Waals surface area contributed by atoms with Crippen molar-refractivity contribution < 1.29 is 41.0 Å². The Hall–Kier alpha value is -1.25. The average molecular weight is 334 g/mol. The van der Waals surface area contributed by atoms with Gasteiger partial charge in [-0.1, -0.05) is 13.5 Å². The van der Waals surface area contributed by atoms with Crippen LogP contribution in [0.4, 0.5) is 26.3 Å². The number of esters is 1. The fourth-order valence-electron chi connectivity index (χ4n) is 2.46. The Morgan fingerprint density at radius 1 is 1.14 bits per heavy atom. The third-order valence-corrected chi connectivity index (χ3v) is 3.97. The maximum absolute atomic E-state index is 12.7. The average Bonchev–Trinajstić information content (AvgIpc) is 2.83. The summed E-state index contributed by atoms with van der Waals surface area (Å²) in [5, 5.41) is 9.10. The summed E-state index contributed by atoms with van der Waals surface area (Å²) in [5.41, 5.74) is -8.50. The topological polar surface area (TPSA) is 46.5 Å². The van der Waals surface area contributed by atoms with Crippen molar-refractivity contribution in [3.63, 3.8) is 0 Å². The molecule has 1 aliphatic carbocycles. The van der Waals surface area contributed by atoms with Gasteiger partial charge in [-0.3, -0.25) is 0 Å². The molecule has 0 radical (unpaired) electrons. The lowest BCUT2D eigenvalue weighted by Gasteiger charge is -2.35. The maximum atomic E-state index is 12.7. The Morgan fingerprint density at radius 2 is 1.55 bits per heavy atom. The van der Waals surface area contributed by atoms with Crippen LogP contribution in [0.2, 0.25) is 0 Å². The minimum absolute atomic E-state index is 0.252. The summed E-state index contributed by atoms with van der Waals surface area (Å²) in [7, 11) is 0. The largest absolute Gasteiger partial charge is 0.456 e. The van der Waals surface area contributed by atoms with E-state index in [1.54, 1.807) is 6.92 Å². The highest BCUT2D eigenvalue weighted by molar-refractivity contribution is 5.90. The van der Waals surface area contributed by atoms with Gasteiger partial charge in [0.2, 0.25) is 0 Å². The van der Waals surface area contributed by atoms with Crippen LogP contribution in [0.5, 0.6) is 0 Å². The molecule has 1 fully saturated rings. The van der Waals surface area contributed by atoms with E-state index < -0.39 is 35.1 Å². The van der Waals surface area contributed by atoms with Crippen LogP contribution in [-0.2, 0) is 9.53 Å². The molecule has 0 aliphatic heterocycles. The molecule has 0 aromatic carbocycles. The fraction of sp³-hybridized carbons (Fsp3) is 0.769. The van der Waals surface area contributed by atoms with Gasteiger partial charge < -0.3 is 9.84 Å². The van der Waals surface area contributed by atoms with E-state index in [0.717, 1.165) is 0 Å². The van der Waals surface area contributed by atoms with Crippen LogP contribution in [0.25, 0.3) is 0 Å². The third-order valence-electron chi connectivity index (χ3n) is 3.97. The number of halogens is 6. The first-order valence-electron chi connectivity index (χ1n) is 6.59. The Labute approximate surface area is 122 Å². The lowest BCUT2D eigenvalue weighted by molar-refractivity contribution is -0.352. The van der Waals surface area contributed by atoms with E-state index in [1.807, 2.05) is 0 Å². The summed E-state index contributed by atoms with van der Waals surface area (Å²) in [5.74, 6) is -1.89. The lowest BCUT2D eigenvalue weighted by atomic mass is 9.92. The number of carbonyl (C=O) groups is 1. The molecule has 1 aliphatic rings. The van der Waals surface area contributed by atoms with Crippen molar-refractivity contribution in [1.29, 1.82) is 0 Å². The van der Waals surface area contributed by atoms with Gasteiger partial charge in [0.25, 0.3) is 5.60 Å². The molecule has 0 aromatic rings. The van der Waals surface area contributed by atoms with Gasteiger partial charge in [0.1, 0.15) is 5.60 Å². The zero-order valence-electron chi connectivity index (χ0n) is 11.8. The van der Waals surface area contributed by atoms with Crippen LogP contribution in [0.15, 0.2) is 12.2 Å². The van der Waals surface area contributed by atoms with E-state index in [9.17, 15) is 31.1 Å². The van der Waals surface area contributed by atoms with Crippen LogP contribution in [0, 0.1) is 0 Å². The zero-order chi connectivity index (χ0) is 17.4. The number of ether oxygens (including phenoxy) is 1. The number of alkyl halides is 6. The standard InChI is InChI=1S/C13H16F6O3/c1-3-10(6-4-5-7-10)22-9(20)8(2)11(21,12(14,15)16)13(17,18)19/h21H,2-7H2,1H3. The van der Waals surface area contributed by atoms with Crippen LogP contribution >= 0.6 is 0 Å². The van der Waals surface area contributed by atoms with Gasteiger partial charge in [-0.15, -0.1) is 0 Å². The van der Waals surface area contributed by atoms with Crippen molar-refractivity contribution in [2.75, 3.05) is 0 Å². The molecule has 0 atom stereocenters. The monoisotopic (exact) mass is 334 g/mol. The number of rotatable bonds is 4. The van der Waals surface area contributed by atoms with Crippen LogP contribution < -0.4 is 0 Å². The van der Waals surface area contributed by atoms with Crippen molar-refractivity contribution in [1.82, 2.24) is 0 Å². The van der Waals surface area contributed by atoms with E-state index in [1.165, 1.54) is 0 Å². The Bertz CT molecular complexity index is 432. The molecule has 0 saturated heterocycles. The van der Waals surface area contributed by atoms with Gasteiger partial charge in [0, 0.05) is 0 Å². The van der Waals surface area contributed by atoms with Crippen molar-refractivity contribution in [3.05, 3.63) is 12.2 Å². The van der Waals surface area contributed by atoms with Crippen molar-refractivity contribution in [2.45, 2.75) is 62.6 Å². The van der Waals surface area contributed by atoms with E-state index in [2.05, 4.69) is 6.58 Å². The van der Waals surface area contributed by atoms with Crippen LogP contribution in [-0.4, -0.2) is 34.6 Å². The minimum atomic E-state index is -6.14. The molecule has 0 spiro atoms. The molecule has 3 nitrogen and oxygen atoms in total. The molecule has 22 heavy (non-hydrogen) atoms. The summed E-state index contributed by atoms with van der Waals surface area (Å²) < 4.78 is 80.8. The Balaban J connectivity index is 3.08. The predicted molar refractivity (Wildman–Crippen MR) is 63.8 cm³/mol. The molecular weight excluding hydrogens is 318 g/mol. The Morgan fingerprint density at radius 3 is 1.86 bits per heavy atom. The highest BCUT2D eigenvalue weighted by Gasteiger charge is 2.73. The predicted octanol–water partition coefficient (Wildman–Crippen LogP) is 3.66. The van der Waals surface area contributed by atoms with Gasteiger partial charge in [0.15, 0.2) is 0 Å². The molecular formula is C13H16F6O3. The summed E-state index contributed by atoms with van der Waals surface area (Å²) >= 11 is 0. The quantitative estimate of drug-likeness (QED) is 0.485. The second-order valence-corrected chi connectivity index (χ2v) is 5.32. The lowest BCUT2D eigenvalue weighted by Crippen LogP contribution is -2.59. The summed E-state index contributed by atoms with van der Waals surface area (Å²) in [4.78, 5) is 11.7. The molecule has 1 N–H and O–H groups in total. The molecule has 0 aromatic heterocycles. The minimum Gasteiger partial charge on any atom is -0.456 e. The number of hydrogen-bond acceptors (Lipinski definition) is 3. The molecule has 0 unspecified atom stereocenters. The summed E-state index contributed by atoms with van der Waals surface area (Å²) in [6.07, 6.45) is -10.0. The molecule has 0 bridgehead atoms. The number of carbonyl (C=O) groups excluding carboxylic acids is 1. The summed E-state index contributed by atoms with van der Waals surface area (Å²) in [6, 6.07) is 0. The van der Waals surface area contributed by atoms with Gasteiger partial charge in [0.05, 0.1) is 5.57 Å². The van der Waals surface area contributed by atoms with Gasteiger partial charge >= 0.3 is 18.3 Å². The molecule has 0 heterocycles. The summed E-state index contributed by atoms with van der Waals surface area (Å²) in [6.45, 7) is 4.11. The first kappa shape index (κ1) is 18.8. The number of hydrogen-bond donors (Lipinski definition) is 1. The van der Waals surface area contributed by atoms with Crippen LogP contribution in [0.1, 0.15) is 39.0 Å². The molecule has 1 saturated carbocycles. The van der Waals surface area contributed by atoms with Crippen molar-refractivity contribution in [2.24, 2.45) is 0 Å². The smallest absolute Gasteiger partial charge is 0.430 e. The van der Waals surface area contributed by atoms with E-state index in [4.69, 9.17) is 9.84 Å². The second-order valence-electron chi connectivity index (χ2n) is 5.32. The SMILES string of the molecule is C=C(C(=O)OC1(CC)CCCC1)C(O)(C(F)(F)F)C(F)(F)F.